The molecule has 1 fully saturated rings. The molecule has 1 aliphatic rings. The molecule has 2 amide bonds. The minimum atomic E-state index is -0.00240. The first-order valence-electron chi connectivity index (χ1n) is 10.7. The van der Waals surface area contributed by atoms with Gasteiger partial charge in [0.25, 0.3) is 5.91 Å². The molecule has 0 saturated carbocycles. The lowest BCUT2D eigenvalue weighted by Crippen LogP contribution is -2.47. The van der Waals surface area contributed by atoms with E-state index in [1.807, 2.05) is 60.5 Å². The molecule has 2 aromatic carbocycles. The topological polar surface area (TPSA) is 59.1 Å². The van der Waals surface area contributed by atoms with Gasteiger partial charge in [0.2, 0.25) is 5.91 Å². The van der Waals surface area contributed by atoms with Crippen LogP contribution in [0.5, 0.6) is 5.75 Å². The van der Waals surface area contributed by atoms with Crippen molar-refractivity contribution in [3.8, 4) is 5.75 Å². The highest BCUT2D eigenvalue weighted by Crippen LogP contribution is 2.22. The van der Waals surface area contributed by atoms with Crippen LogP contribution in [-0.4, -0.2) is 68.1 Å². The van der Waals surface area contributed by atoms with E-state index in [1.54, 1.807) is 12.0 Å². The number of nitrogens with zero attached hydrogens (tertiary/aromatic N) is 2. The Balaban J connectivity index is 1.54. The van der Waals surface area contributed by atoms with Crippen molar-refractivity contribution in [3.63, 3.8) is 0 Å². The summed E-state index contributed by atoms with van der Waals surface area (Å²) in [6, 6.07) is 15.1. The molecule has 0 spiro atoms. The Morgan fingerprint density at radius 2 is 1.84 bits per heavy atom. The van der Waals surface area contributed by atoms with Gasteiger partial charge in [-0.25, -0.2) is 0 Å². The van der Waals surface area contributed by atoms with Crippen molar-refractivity contribution in [1.29, 1.82) is 0 Å². The second-order valence-corrected chi connectivity index (χ2v) is 7.85. The van der Waals surface area contributed by atoms with Crippen LogP contribution >= 0.6 is 0 Å². The third-order valence-electron chi connectivity index (χ3n) is 5.72. The predicted molar refractivity (Wildman–Crippen MR) is 120 cm³/mol. The van der Waals surface area contributed by atoms with E-state index >= 15 is 0 Å². The summed E-state index contributed by atoms with van der Waals surface area (Å²) in [5, 5.41) is 0. The lowest BCUT2D eigenvalue weighted by molar-refractivity contribution is -0.131. The molecule has 1 radical (unpaired) electrons. The maximum atomic E-state index is 12.9. The summed E-state index contributed by atoms with van der Waals surface area (Å²) in [4.78, 5) is 29.4. The normalized spacial score (nSPS) is 14.4. The van der Waals surface area contributed by atoms with Gasteiger partial charge in [0.1, 0.15) is 12.4 Å². The highest BCUT2D eigenvalue weighted by Gasteiger charge is 2.28. The van der Waals surface area contributed by atoms with E-state index in [9.17, 15) is 9.59 Å². The van der Waals surface area contributed by atoms with Crippen LogP contribution in [0, 0.1) is 6.92 Å². The fourth-order valence-electron chi connectivity index (χ4n) is 3.88. The van der Waals surface area contributed by atoms with Gasteiger partial charge in [-0.15, -0.1) is 0 Å². The zero-order valence-corrected chi connectivity index (χ0v) is 18.4. The van der Waals surface area contributed by atoms with Crippen molar-refractivity contribution >= 4 is 11.8 Å². The lowest BCUT2D eigenvalue weighted by atomic mass is 10.0. The lowest BCUT2D eigenvalue weighted by Gasteiger charge is -2.37. The Morgan fingerprint density at radius 3 is 2.55 bits per heavy atom. The molecule has 1 heterocycles. The summed E-state index contributed by atoms with van der Waals surface area (Å²) in [7, 11) is 3.47. The number of methoxy groups -OCH3 is 1. The van der Waals surface area contributed by atoms with Crippen molar-refractivity contribution in [2.24, 2.45) is 0 Å². The highest BCUT2D eigenvalue weighted by molar-refractivity contribution is 5.94. The SMILES string of the molecule is [CH2]c1cccc(C(=O)N(C)C2CCN(C(=O)Cc3ccccc3OCCOC)CC2)c1. The summed E-state index contributed by atoms with van der Waals surface area (Å²) in [6.07, 6.45) is 1.84. The van der Waals surface area contributed by atoms with E-state index in [0.29, 0.717) is 38.3 Å². The number of benzene rings is 2. The van der Waals surface area contributed by atoms with Gasteiger partial charge < -0.3 is 19.3 Å². The largest absolute Gasteiger partial charge is 0.491 e. The van der Waals surface area contributed by atoms with Crippen LogP contribution in [-0.2, 0) is 16.0 Å². The van der Waals surface area contributed by atoms with Crippen LogP contribution in [0.3, 0.4) is 0 Å². The molecule has 2 aromatic rings. The molecule has 31 heavy (non-hydrogen) atoms. The van der Waals surface area contributed by atoms with E-state index in [-0.39, 0.29) is 17.9 Å². The average Bonchev–Trinajstić information content (AvgIpc) is 2.79. The average molecular weight is 424 g/mol. The number of piperidine rings is 1. The van der Waals surface area contributed by atoms with Gasteiger partial charge in [-0.2, -0.15) is 0 Å². The smallest absolute Gasteiger partial charge is 0.253 e. The summed E-state index contributed by atoms with van der Waals surface area (Å²) in [5.74, 6) is 0.804. The number of hydrogen-bond donors (Lipinski definition) is 0. The minimum Gasteiger partial charge on any atom is -0.491 e. The predicted octanol–water partition coefficient (Wildman–Crippen LogP) is 3.20. The Hall–Kier alpha value is -2.86. The van der Waals surface area contributed by atoms with Crippen molar-refractivity contribution in [2.45, 2.75) is 25.3 Å². The van der Waals surface area contributed by atoms with Crippen LogP contribution in [0.4, 0.5) is 0 Å². The Kier molecular flexibility index (Phi) is 8.06. The molecular formula is C25H31N2O4. The van der Waals surface area contributed by atoms with Crippen molar-refractivity contribution in [2.75, 3.05) is 40.5 Å². The van der Waals surface area contributed by atoms with Gasteiger partial charge in [0.05, 0.1) is 13.0 Å². The van der Waals surface area contributed by atoms with Crippen molar-refractivity contribution in [1.82, 2.24) is 9.80 Å². The fourth-order valence-corrected chi connectivity index (χ4v) is 3.88. The number of likely N-dealkylation sites (tertiary alicyclic amines) is 1. The zero-order valence-electron chi connectivity index (χ0n) is 18.4. The Bertz CT molecular complexity index is 891. The number of ether oxygens (including phenoxy) is 2. The standard InChI is InChI=1S/C25H31N2O4/c1-19-7-6-9-21(17-19)25(29)26(2)22-11-13-27(14-12-22)24(28)18-20-8-4-5-10-23(20)31-16-15-30-3/h4-10,17,22H,1,11-16,18H2,2-3H3. The first-order chi connectivity index (χ1) is 15.0. The molecule has 6 heteroatoms. The van der Waals surface area contributed by atoms with Crippen molar-refractivity contribution < 1.29 is 19.1 Å². The van der Waals surface area contributed by atoms with Gasteiger partial charge in [-0.3, -0.25) is 9.59 Å². The quantitative estimate of drug-likeness (QED) is 0.612. The fraction of sp³-hybridized carbons (Fsp3) is 0.400. The molecule has 0 aliphatic carbocycles. The number of carbonyl (C=O) groups is 2. The first kappa shape index (κ1) is 22.8. The van der Waals surface area contributed by atoms with Crippen LogP contribution < -0.4 is 4.74 Å². The van der Waals surface area contributed by atoms with Crippen LogP contribution in [0.1, 0.15) is 34.3 Å². The number of hydrogen-bond acceptors (Lipinski definition) is 4. The summed E-state index contributed by atoms with van der Waals surface area (Å²) >= 11 is 0. The monoisotopic (exact) mass is 423 g/mol. The van der Waals surface area contributed by atoms with Crippen LogP contribution in [0.2, 0.25) is 0 Å². The summed E-state index contributed by atoms with van der Waals surface area (Å²) in [5.41, 5.74) is 2.36. The number of carbonyl (C=O) groups excluding carboxylic acids is 2. The van der Waals surface area contributed by atoms with E-state index < -0.39 is 0 Å². The summed E-state index contributed by atoms with van der Waals surface area (Å²) in [6.45, 7) is 6.13. The number of para-hydroxylation sites is 1. The molecule has 0 atom stereocenters. The molecule has 0 unspecified atom stereocenters. The molecule has 0 bridgehead atoms. The van der Waals surface area contributed by atoms with E-state index in [0.717, 1.165) is 29.7 Å². The van der Waals surface area contributed by atoms with E-state index in [1.165, 1.54) is 0 Å². The molecule has 6 nitrogen and oxygen atoms in total. The van der Waals surface area contributed by atoms with Gasteiger partial charge >= 0.3 is 0 Å². The maximum Gasteiger partial charge on any atom is 0.253 e. The Morgan fingerprint density at radius 1 is 1.10 bits per heavy atom. The van der Waals surface area contributed by atoms with Crippen LogP contribution in [0.25, 0.3) is 0 Å². The van der Waals surface area contributed by atoms with E-state index in [2.05, 4.69) is 6.92 Å². The minimum absolute atomic E-state index is 0.00240. The molecule has 3 rings (SSSR count). The number of rotatable bonds is 8. The van der Waals surface area contributed by atoms with Crippen LogP contribution in [0.15, 0.2) is 48.5 Å². The maximum absolute atomic E-state index is 12.9. The summed E-state index contributed by atoms with van der Waals surface area (Å²) < 4.78 is 10.8. The Labute approximate surface area is 184 Å². The number of amides is 2. The van der Waals surface area contributed by atoms with E-state index in [4.69, 9.17) is 9.47 Å². The zero-order chi connectivity index (χ0) is 22.2. The second kappa shape index (κ2) is 11.0. The van der Waals surface area contributed by atoms with Crippen molar-refractivity contribution in [3.05, 3.63) is 72.1 Å². The third kappa shape index (κ3) is 6.07. The van der Waals surface area contributed by atoms with Gasteiger partial charge in [-0.05, 0) is 43.5 Å². The second-order valence-electron chi connectivity index (χ2n) is 7.85. The van der Waals surface area contributed by atoms with Gasteiger partial charge in [-0.1, -0.05) is 30.3 Å². The third-order valence-corrected chi connectivity index (χ3v) is 5.72. The molecule has 1 aliphatic heterocycles. The molecule has 1 saturated heterocycles. The molecular weight excluding hydrogens is 392 g/mol. The highest BCUT2D eigenvalue weighted by atomic mass is 16.5. The van der Waals surface area contributed by atoms with Gasteiger partial charge in [0, 0.05) is 44.4 Å². The molecule has 165 valence electrons. The van der Waals surface area contributed by atoms with Gasteiger partial charge in [0.15, 0.2) is 0 Å². The molecule has 0 N–H and O–H groups in total. The molecule has 0 aromatic heterocycles. The first-order valence-corrected chi connectivity index (χ1v) is 10.7.